The third kappa shape index (κ3) is 5.74. The summed E-state index contributed by atoms with van der Waals surface area (Å²) in [6, 6.07) is 14.0. The normalized spacial score (nSPS) is 18.7. The maximum absolute atomic E-state index is 13.4. The van der Waals surface area contributed by atoms with Crippen molar-refractivity contribution >= 4 is 11.8 Å². The average molecular weight is 520 g/mol. The summed E-state index contributed by atoms with van der Waals surface area (Å²) in [5, 5.41) is 7.15. The number of hydrogen-bond donors (Lipinski definition) is 1. The van der Waals surface area contributed by atoms with Crippen molar-refractivity contribution in [3.63, 3.8) is 0 Å². The van der Waals surface area contributed by atoms with Gasteiger partial charge < -0.3 is 19.5 Å². The first-order valence-electron chi connectivity index (χ1n) is 13.5. The lowest BCUT2D eigenvalue weighted by Crippen LogP contribution is -2.50. The number of aromatic nitrogens is 1. The van der Waals surface area contributed by atoms with E-state index >= 15 is 0 Å². The molecule has 0 aliphatic carbocycles. The van der Waals surface area contributed by atoms with Crippen LogP contribution in [0.3, 0.4) is 0 Å². The maximum atomic E-state index is 13.4. The van der Waals surface area contributed by atoms with Gasteiger partial charge in [-0.2, -0.15) is 0 Å². The number of piperidine rings is 1. The molecule has 38 heavy (non-hydrogen) atoms. The average Bonchev–Trinajstić information content (AvgIpc) is 3.43. The summed E-state index contributed by atoms with van der Waals surface area (Å²) in [4.78, 5) is 28.6. The fourth-order valence-electron chi connectivity index (χ4n) is 5.55. The summed E-state index contributed by atoms with van der Waals surface area (Å²) in [7, 11) is 0. The molecular formula is C30H34FN3O4. The highest BCUT2D eigenvalue weighted by Crippen LogP contribution is 2.38. The van der Waals surface area contributed by atoms with E-state index in [1.165, 1.54) is 24.0 Å². The van der Waals surface area contributed by atoms with E-state index in [1.807, 2.05) is 12.1 Å². The molecule has 1 saturated heterocycles. The Balaban J connectivity index is 1.24. The van der Waals surface area contributed by atoms with Crippen LogP contribution in [0.25, 0.3) is 11.3 Å². The molecule has 0 radical (unpaired) electrons. The highest BCUT2D eigenvalue weighted by atomic mass is 19.1. The molecule has 0 bridgehead atoms. The van der Waals surface area contributed by atoms with E-state index in [1.54, 1.807) is 17.0 Å². The molecule has 1 spiro atoms. The van der Waals surface area contributed by atoms with Gasteiger partial charge in [0.1, 0.15) is 29.1 Å². The van der Waals surface area contributed by atoms with Crippen LogP contribution in [0.1, 0.15) is 60.9 Å². The molecule has 5 rings (SSSR count). The highest BCUT2D eigenvalue weighted by Gasteiger charge is 2.42. The Hall–Kier alpha value is -3.68. The van der Waals surface area contributed by atoms with Gasteiger partial charge in [-0.3, -0.25) is 9.59 Å². The third-order valence-electron chi connectivity index (χ3n) is 7.85. The number of fused-ring (bicyclic) bond motifs is 1. The lowest BCUT2D eigenvalue weighted by atomic mass is 9.73. The molecule has 8 heteroatoms. The number of aryl methyl sites for hydroxylation is 1. The van der Waals surface area contributed by atoms with Crippen LogP contribution in [0, 0.1) is 11.2 Å². The lowest BCUT2D eigenvalue weighted by Gasteiger charge is -2.41. The zero-order valence-electron chi connectivity index (χ0n) is 21.6. The van der Waals surface area contributed by atoms with Gasteiger partial charge in [0, 0.05) is 25.2 Å². The van der Waals surface area contributed by atoms with Crippen LogP contribution in [0.15, 0.2) is 59.3 Å². The first-order valence-corrected chi connectivity index (χ1v) is 13.5. The number of amides is 2. The topological polar surface area (TPSA) is 84.7 Å². The van der Waals surface area contributed by atoms with Gasteiger partial charge in [0.05, 0.1) is 12.0 Å². The lowest BCUT2D eigenvalue weighted by molar-refractivity contribution is -0.134. The molecule has 2 aliphatic rings. The SMILES string of the molecule is O=C(c1conc1-c1ccc(F)cc1)N1CCC2(CCCCCc3ccccc3OCCCNC2=O)CC1. The number of halogens is 1. The Bertz CT molecular complexity index is 1250. The van der Waals surface area contributed by atoms with E-state index in [4.69, 9.17) is 9.26 Å². The fourth-order valence-corrected chi connectivity index (χ4v) is 5.55. The Morgan fingerprint density at radius 2 is 1.76 bits per heavy atom. The minimum atomic E-state index is -0.478. The van der Waals surface area contributed by atoms with Crippen LogP contribution in [0.2, 0.25) is 0 Å². The Kier molecular flexibility index (Phi) is 8.05. The number of hydrogen-bond acceptors (Lipinski definition) is 5. The maximum Gasteiger partial charge on any atom is 0.259 e. The number of carbonyl (C=O) groups is 2. The second kappa shape index (κ2) is 11.8. The molecular weight excluding hydrogens is 485 g/mol. The zero-order valence-corrected chi connectivity index (χ0v) is 21.6. The largest absolute Gasteiger partial charge is 0.493 e. The van der Waals surface area contributed by atoms with Gasteiger partial charge in [-0.15, -0.1) is 0 Å². The molecule has 1 aromatic heterocycles. The quantitative estimate of drug-likeness (QED) is 0.490. The Morgan fingerprint density at radius 1 is 0.974 bits per heavy atom. The molecule has 2 amide bonds. The van der Waals surface area contributed by atoms with Gasteiger partial charge in [-0.05, 0) is 74.4 Å². The van der Waals surface area contributed by atoms with E-state index in [-0.39, 0.29) is 17.6 Å². The first kappa shape index (κ1) is 25.9. The number of ether oxygens (including phenoxy) is 1. The second-order valence-electron chi connectivity index (χ2n) is 10.3. The van der Waals surface area contributed by atoms with E-state index in [0.717, 1.165) is 44.3 Å². The predicted octanol–water partition coefficient (Wildman–Crippen LogP) is 5.40. The van der Waals surface area contributed by atoms with E-state index in [0.29, 0.717) is 55.9 Å². The monoisotopic (exact) mass is 519 g/mol. The van der Waals surface area contributed by atoms with Crippen molar-refractivity contribution < 1.29 is 23.2 Å². The van der Waals surface area contributed by atoms with Crippen molar-refractivity contribution in [2.75, 3.05) is 26.2 Å². The summed E-state index contributed by atoms with van der Waals surface area (Å²) in [5.74, 6) is 0.488. The van der Waals surface area contributed by atoms with Crippen LogP contribution in [0.4, 0.5) is 4.39 Å². The summed E-state index contributed by atoms with van der Waals surface area (Å²) in [5.41, 5.74) is 2.13. The van der Waals surface area contributed by atoms with Gasteiger partial charge in [-0.25, -0.2) is 4.39 Å². The van der Waals surface area contributed by atoms with Crippen LogP contribution < -0.4 is 10.1 Å². The third-order valence-corrected chi connectivity index (χ3v) is 7.85. The molecule has 3 heterocycles. The molecule has 7 nitrogen and oxygen atoms in total. The van der Waals surface area contributed by atoms with Crippen molar-refractivity contribution in [3.05, 3.63) is 71.7 Å². The second-order valence-corrected chi connectivity index (χ2v) is 10.3. The molecule has 1 N–H and O–H groups in total. The first-order chi connectivity index (χ1) is 18.6. The number of likely N-dealkylation sites (tertiary alicyclic amines) is 1. The standard InChI is InChI=1S/C30H34FN3O4/c31-24-12-10-23(11-13-24)27-25(21-38-33-27)28(35)34-18-15-30(16-19-34)14-5-1-2-7-22-8-3-4-9-26(22)37-20-6-17-32-29(30)36/h3-4,8-13,21H,1-2,5-7,14-20H2,(H,32,36). The highest BCUT2D eigenvalue weighted by molar-refractivity contribution is 5.99. The fraction of sp³-hybridized carbons (Fsp3) is 0.433. The molecule has 0 atom stereocenters. The van der Waals surface area contributed by atoms with E-state index < -0.39 is 5.41 Å². The van der Waals surface area contributed by atoms with Gasteiger partial charge in [0.15, 0.2) is 0 Å². The van der Waals surface area contributed by atoms with Crippen molar-refractivity contribution in [2.24, 2.45) is 5.41 Å². The van der Waals surface area contributed by atoms with Gasteiger partial charge in [0.2, 0.25) is 5.91 Å². The van der Waals surface area contributed by atoms with Crippen molar-refractivity contribution in [1.82, 2.24) is 15.4 Å². The number of rotatable bonds is 2. The van der Waals surface area contributed by atoms with Crippen LogP contribution in [0.5, 0.6) is 5.75 Å². The molecule has 2 aliphatic heterocycles. The zero-order chi connectivity index (χ0) is 26.4. The molecule has 1 fully saturated rings. The molecule has 200 valence electrons. The van der Waals surface area contributed by atoms with Gasteiger partial charge >= 0.3 is 0 Å². The number of nitrogens with one attached hydrogen (secondary N) is 1. The van der Waals surface area contributed by atoms with E-state index in [9.17, 15) is 14.0 Å². The number of carbonyl (C=O) groups excluding carboxylic acids is 2. The summed E-state index contributed by atoms with van der Waals surface area (Å²) in [6.45, 7) is 2.09. The van der Waals surface area contributed by atoms with Crippen molar-refractivity contribution in [3.8, 4) is 17.0 Å². The van der Waals surface area contributed by atoms with E-state index in [2.05, 4.69) is 22.6 Å². The summed E-state index contributed by atoms with van der Waals surface area (Å²) >= 11 is 0. The number of para-hydroxylation sites is 1. The van der Waals surface area contributed by atoms with Crippen molar-refractivity contribution in [2.45, 2.75) is 51.4 Å². The minimum absolute atomic E-state index is 0.0824. The number of benzene rings is 2. The Morgan fingerprint density at radius 3 is 2.58 bits per heavy atom. The molecule has 0 unspecified atom stereocenters. The van der Waals surface area contributed by atoms with Crippen LogP contribution >= 0.6 is 0 Å². The summed E-state index contributed by atoms with van der Waals surface area (Å²) in [6.07, 6.45) is 8.13. The number of nitrogens with zero attached hydrogens (tertiary/aromatic N) is 2. The molecule has 2 aromatic carbocycles. The minimum Gasteiger partial charge on any atom is -0.493 e. The van der Waals surface area contributed by atoms with Gasteiger partial charge in [0.25, 0.3) is 5.91 Å². The van der Waals surface area contributed by atoms with Crippen molar-refractivity contribution in [1.29, 1.82) is 0 Å². The smallest absolute Gasteiger partial charge is 0.259 e. The van der Waals surface area contributed by atoms with Crippen LogP contribution in [-0.2, 0) is 11.2 Å². The molecule has 3 aromatic rings. The van der Waals surface area contributed by atoms with Gasteiger partial charge in [-0.1, -0.05) is 36.2 Å². The van der Waals surface area contributed by atoms with Crippen LogP contribution in [-0.4, -0.2) is 48.1 Å². The summed E-state index contributed by atoms with van der Waals surface area (Å²) < 4.78 is 24.5. The predicted molar refractivity (Wildman–Crippen MR) is 141 cm³/mol. The Labute approximate surface area is 222 Å². The molecule has 0 saturated carbocycles.